The molecule has 88 valence electrons. The molecule has 1 saturated heterocycles. The summed E-state index contributed by atoms with van der Waals surface area (Å²) in [5.41, 5.74) is -0.428. The molecule has 0 aromatic carbocycles. The Labute approximate surface area is 96.5 Å². The maximum absolute atomic E-state index is 11.5. The first kappa shape index (κ1) is 12.6. The van der Waals surface area contributed by atoms with Crippen LogP contribution in [-0.2, 0) is 4.74 Å². The molecule has 0 bridgehead atoms. The van der Waals surface area contributed by atoms with Crippen LogP contribution >= 0.6 is 0 Å². The Hall–Kier alpha value is -1.50. The van der Waals surface area contributed by atoms with E-state index in [9.17, 15) is 4.79 Å². The number of hydrogen-bond acceptors (Lipinski definition) is 3. The third-order valence-corrected chi connectivity index (χ3v) is 2.27. The van der Waals surface area contributed by atoms with Gasteiger partial charge in [-0.15, -0.1) is 0 Å². The van der Waals surface area contributed by atoms with Crippen molar-refractivity contribution in [1.82, 2.24) is 4.90 Å². The van der Waals surface area contributed by atoms with Crippen molar-refractivity contribution in [2.24, 2.45) is 5.92 Å². The van der Waals surface area contributed by atoms with Crippen molar-refractivity contribution in [1.29, 1.82) is 5.26 Å². The van der Waals surface area contributed by atoms with Crippen LogP contribution in [0.4, 0.5) is 4.79 Å². The minimum absolute atomic E-state index is 0.243. The molecule has 1 aliphatic rings. The van der Waals surface area contributed by atoms with Gasteiger partial charge in [0.05, 0.1) is 6.07 Å². The molecule has 0 spiro atoms. The molecule has 4 nitrogen and oxygen atoms in total. The zero-order valence-electron chi connectivity index (χ0n) is 10.1. The van der Waals surface area contributed by atoms with Crippen LogP contribution in [0.5, 0.6) is 0 Å². The summed E-state index contributed by atoms with van der Waals surface area (Å²) in [5, 5.41) is 8.32. The van der Waals surface area contributed by atoms with Gasteiger partial charge in [0.2, 0.25) is 0 Å². The number of rotatable bonds is 2. The van der Waals surface area contributed by atoms with Gasteiger partial charge in [-0.05, 0) is 33.1 Å². The fraction of sp³-hybridized carbons (Fsp3) is 0.667. The van der Waals surface area contributed by atoms with E-state index < -0.39 is 5.60 Å². The topological polar surface area (TPSA) is 53.3 Å². The van der Waals surface area contributed by atoms with Crippen molar-refractivity contribution in [2.45, 2.75) is 32.8 Å². The van der Waals surface area contributed by atoms with Crippen molar-refractivity contribution in [3.63, 3.8) is 0 Å². The number of nitrogens with zero attached hydrogens (tertiary/aromatic N) is 2. The SMILES string of the molecule is CC(C)(C)OC(=O)N1CC(C/C=C/C#N)C1. The standard InChI is InChI=1S/C12H18N2O2/c1-12(2,3)16-11(15)14-8-10(9-14)6-4-5-7-13/h4-5,10H,6,8-9H2,1-3H3/b5-4+. The highest BCUT2D eigenvalue weighted by atomic mass is 16.6. The second-order valence-corrected chi connectivity index (χ2v) is 5.02. The van der Waals surface area contributed by atoms with Crippen LogP contribution in [0.2, 0.25) is 0 Å². The number of amides is 1. The summed E-state index contributed by atoms with van der Waals surface area (Å²) in [7, 11) is 0. The van der Waals surface area contributed by atoms with E-state index in [2.05, 4.69) is 0 Å². The van der Waals surface area contributed by atoms with Gasteiger partial charge in [-0.1, -0.05) is 6.08 Å². The predicted octanol–water partition coefficient (Wildman–Crippen LogP) is 2.32. The van der Waals surface area contributed by atoms with Crippen LogP contribution in [0.25, 0.3) is 0 Å². The van der Waals surface area contributed by atoms with Crippen molar-refractivity contribution in [2.75, 3.05) is 13.1 Å². The third kappa shape index (κ3) is 3.93. The number of carbonyl (C=O) groups is 1. The van der Waals surface area contributed by atoms with Crippen LogP contribution < -0.4 is 0 Å². The van der Waals surface area contributed by atoms with Gasteiger partial charge in [0, 0.05) is 19.2 Å². The fourth-order valence-electron chi connectivity index (χ4n) is 1.51. The van der Waals surface area contributed by atoms with Crippen LogP contribution in [0, 0.1) is 17.2 Å². The molecule has 1 fully saturated rings. The summed E-state index contributed by atoms with van der Waals surface area (Å²) in [6.45, 7) is 7.03. The van der Waals surface area contributed by atoms with Gasteiger partial charge in [0.15, 0.2) is 0 Å². The number of carbonyl (C=O) groups excluding carboxylic acids is 1. The highest BCUT2D eigenvalue weighted by molar-refractivity contribution is 5.69. The molecule has 0 aliphatic carbocycles. The van der Waals surface area contributed by atoms with E-state index in [1.54, 1.807) is 4.90 Å². The predicted molar refractivity (Wildman–Crippen MR) is 60.7 cm³/mol. The normalized spacial score (nSPS) is 17.0. The van der Waals surface area contributed by atoms with Crippen LogP contribution in [-0.4, -0.2) is 29.7 Å². The number of ether oxygens (including phenoxy) is 1. The average molecular weight is 222 g/mol. The fourth-order valence-corrected chi connectivity index (χ4v) is 1.51. The number of allylic oxidation sites excluding steroid dienone is 2. The minimum Gasteiger partial charge on any atom is -0.444 e. The third-order valence-electron chi connectivity index (χ3n) is 2.27. The molecule has 0 aromatic heterocycles. The zero-order valence-corrected chi connectivity index (χ0v) is 10.1. The van der Waals surface area contributed by atoms with Crippen LogP contribution in [0.3, 0.4) is 0 Å². The number of hydrogen-bond donors (Lipinski definition) is 0. The minimum atomic E-state index is -0.428. The van der Waals surface area contributed by atoms with Gasteiger partial charge in [0.1, 0.15) is 5.60 Å². The second-order valence-electron chi connectivity index (χ2n) is 5.02. The quantitative estimate of drug-likeness (QED) is 0.674. The van der Waals surface area contributed by atoms with Gasteiger partial charge < -0.3 is 9.64 Å². The summed E-state index contributed by atoms with van der Waals surface area (Å²) >= 11 is 0. The Morgan fingerprint density at radius 1 is 1.56 bits per heavy atom. The molecule has 1 heterocycles. The van der Waals surface area contributed by atoms with E-state index >= 15 is 0 Å². The molecule has 1 aliphatic heterocycles. The Kier molecular flexibility index (Phi) is 3.94. The second kappa shape index (κ2) is 5.02. The molecule has 1 rings (SSSR count). The van der Waals surface area contributed by atoms with Crippen LogP contribution in [0.15, 0.2) is 12.2 Å². The maximum Gasteiger partial charge on any atom is 0.410 e. The molecule has 1 amide bonds. The smallest absolute Gasteiger partial charge is 0.410 e. The van der Waals surface area contributed by atoms with Gasteiger partial charge in [0.25, 0.3) is 0 Å². The summed E-state index contributed by atoms with van der Waals surface area (Å²) in [6, 6.07) is 1.95. The van der Waals surface area contributed by atoms with Gasteiger partial charge in [-0.3, -0.25) is 0 Å². The van der Waals surface area contributed by atoms with E-state index in [0.717, 1.165) is 19.5 Å². The molecule has 0 N–H and O–H groups in total. The molecule has 0 aromatic rings. The lowest BCUT2D eigenvalue weighted by Gasteiger charge is -2.39. The zero-order chi connectivity index (χ0) is 12.2. The molecule has 0 saturated carbocycles. The molecule has 16 heavy (non-hydrogen) atoms. The molecular weight excluding hydrogens is 204 g/mol. The van der Waals surface area contributed by atoms with E-state index in [4.69, 9.17) is 10.00 Å². The van der Waals surface area contributed by atoms with Gasteiger partial charge in [-0.2, -0.15) is 5.26 Å². The molecule has 0 radical (unpaired) electrons. The first-order chi connectivity index (χ1) is 7.42. The lowest BCUT2D eigenvalue weighted by molar-refractivity contribution is -0.000510. The largest absolute Gasteiger partial charge is 0.444 e. The van der Waals surface area contributed by atoms with Crippen molar-refractivity contribution < 1.29 is 9.53 Å². The highest BCUT2D eigenvalue weighted by Crippen LogP contribution is 2.22. The number of nitriles is 1. The monoisotopic (exact) mass is 222 g/mol. The Bertz CT molecular complexity index is 317. The Balaban J connectivity index is 2.23. The lowest BCUT2D eigenvalue weighted by Crippen LogP contribution is -2.51. The summed E-state index contributed by atoms with van der Waals surface area (Å²) in [6.07, 6.45) is 3.94. The van der Waals surface area contributed by atoms with Crippen molar-refractivity contribution in [3.8, 4) is 6.07 Å². The van der Waals surface area contributed by atoms with E-state index in [1.165, 1.54) is 6.08 Å². The van der Waals surface area contributed by atoms with Crippen molar-refractivity contribution in [3.05, 3.63) is 12.2 Å². The molecule has 4 heteroatoms. The summed E-state index contributed by atoms with van der Waals surface area (Å²) in [5.74, 6) is 0.470. The van der Waals surface area contributed by atoms with Gasteiger partial charge >= 0.3 is 6.09 Å². The summed E-state index contributed by atoms with van der Waals surface area (Å²) in [4.78, 5) is 13.2. The lowest BCUT2D eigenvalue weighted by atomic mass is 9.97. The van der Waals surface area contributed by atoms with Crippen molar-refractivity contribution >= 4 is 6.09 Å². The van der Waals surface area contributed by atoms with Gasteiger partial charge in [-0.25, -0.2) is 4.79 Å². The maximum atomic E-state index is 11.5. The average Bonchev–Trinajstić information content (AvgIpc) is 2.05. The summed E-state index contributed by atoms with van der Waals surface area (Å²) < 4.78 is 5.23. The highest BCUT2D eigenvalue weighted by Gasteiger charge is 2.32. The van der Waals surface area contributed by atoms with E-state index in [-0.39, 0.29) is 6.09 Å². The van der Waals surface area contributed by atoms with E-state index in [1.807, 2.05) is 32.9 Å². The number of likely N-dealkylation sites (tertiary alicyclic amines) is 1. The first-order valence-corrected chi connectivity index (χ1v) is 5.45. The molecule has 0 unspecified atom stereocenters. The first-order valence-electron chi connectivity index (χ1n) is 5.45. The van der Waals surface area contributed by atoms with Crippen LogP contribution in [0.1, 0.15) is 27.2 Å². The molecular formula is C12H18N2O2. The van der Waals surface area contributed by atoms with E-state index in [0.29, 0.717) is 5.92 Å². The Morgan fingerprint density at radius 2 is 2.19 bits per heavy atom. The molecule has 0 atom stereocenters. The Morgan fingerprint density at radius 3 is 2.69 bits per heavy atom.